The number of halogens is 1. The number of anilines is 2. The van der Waals surface area contributed by atoms with Gasteiger partial charge in [-0.3, -0.25) is 10.9 Å². The first-order valence-corrected chi connectivity index (χ1v) is 10.4. The maximum Gasteiger partial charge on any atom is 0.243 e. The van der Waals surface area contributed by atoms with Crippen LogP contribution in [0.25, 0.3) is 0 Å². The summed E-state index contributed by atoms with van der Waals surface area (Å²) in [6, 6.07) is 13.7. The van der Waals surface area contributed by atoms with Gasteiger partial charge in [0.05, 0.1) is 28.8 Å². The lowest BCUT2D eigenvalue weighted by atomic mass is 10.3. The Bertz CT molecular complexity index is 901. The zero-order valence-electron chi connectivity index (χ0n) is 14.3. The molecule has 3 N–H and O–H groups in total. The van der Waals surface area contributed by atoms with Gasteiger partial charge in [0, 0.05) is 18.8 Å². The van der Waals surface area contributed by atoms with E-state index in [4.69, 9.17) is 28.6 Å². The smallest absolute Gasteiger partial charge is 0.243 e. The fourth-order valence-electron chi connectivity index (χ4n) is 2.50. The van der Waals surface area contributed by atoms with Crippen LogP contribution in [0.15, 0.2) is 53.4 Å². The number of nitrogens with zero attached hydrogens (tertiary/aromatic N) is 1. The van der Waals surface area contributed by atoms with Gasteiger partial charge in [-0.15, -0.1) is 0 Å². The number of thiocarbonyl (C=S) groups is 1. The number of hydrogen-bond acceptors (Lipinski definition) is 5. The first-order valence-electron chi connectivity index (χ1n) is 8.22. The summed E-state index contributed by atoms with van der Waals surface area (Å²) >= 11 is 11.3. The topological polar surface area (TPSA) is 82.7 Å². The summed E-state index contributed by atoms with van der Waals surface area (Å²) < 4.78 is 31.8. The van der Waals surface area contributed by atoms with Crippen LogP contribution in [0.1, 0.15) is 0 Å². The molecule has 1 saturated heterocycles. The fourth-order valence-corrected chi connectivity index (χ4v) is 4.26. The minimum Gasteiger partial charge on any atom is -0.379 e. The second-order valence-corrected chi connectivity index (χ2v) is 8.48. The SMILES string of the molecule is O=S(=O)(c1ccc(NC(=S)NNc2ccccc2Cl)cc1)N1CCOCC1. The van der Waals surface area contributed by atoms with E-state index in [0.29, 0.717) is 47.8 Å². The van der Waals surface area contributed by atoms with E-state index in [1.54, 1.807) is 30.3 Å². The van der Waals surface area contributed by atoms with E-state index >= 15 is 0 Å². The average molecular weight is 427 g/mol. The van der Waals surface area contributed by atoms with Gasteiger partial charge >= 0.3 is 0 Å². The van der Waals surface area contributed by atoms with Gasteiger partial charge < -0.3 is 10.1 Å². The Morgan fingerprint density at radius 1 is 1.07 bits per heavy atom. The monoisotopic (exact) mass is 426 g/mol. The number of rotatable bonds is 5. The summed E-state index contributed by atoms with van der Waals surface area (Å²) in [6.07, 6.45) is 0. The Labute approximate surface area is 168 Å². The third-order valence-electron chi connectivity index (χ3n) is 3.90. The van der Waals surface area contributed by atoms with Crippen LogP contribution in [-0.2, 0) is 14.8 Å². The molecule has 0 atom stereocenters. The van der Waals surface area contributed by atoms with Crippen LogP contribution in [0.3, 0.4) is 0 Å². The van der Waals surface area contributed by atoms with Crippen LogP contribution in [-0.4, -0.2) is 44.1 Å². The number of nitrogens with one attached hydrogen (secondary N) is 3. The van der Waals surface area contributed by atoms with Crippen molar-refractivity contribution in [3.8, 4) is 0 Å². The van der Waals surface area contributed by atoms with E-state index in [-0.39, 0.29) is 4.90 Å². The Hall–Kier alpha value is -1.91. The summed E-state index contributed by atoms with van der Waals surface area (Å²) in [7, 11) is -3.51. The van der Waals surface area contributed by atoms with Crippen LogP contribution < -0.4 is 16.2 Å². The lowest BCUT2D eigenvalue weighted by Gasteiger charge is -2.26. The van der Waals surface area contributed by atoms with Crippen LogP contribution in [0, 0.1) is 0 Å². The van der Waals surface area contributed by atoms with Crippen molar-refractivity contribution in [3.05, 3.63) is 53.6 Å². The number of benzene rings is 2. The van der Waals surface area contributed by atoms with Crippen molar-refractivity contribution in [2.45, 2.75) is 4.90 Å². The van der Waals surface area contributed by atoms with Crippen LogP contribution in [0.2, 0.25) is 5.02 Å². The van der Waals surface area contributed by atoms with E-state index in [2.05, 4.69) is 16.2 Å². The molecule has 10 heteroatoms. The molecular weight excluding hydrogens is 408 g/mol. The minimum atomic E-state index is -3.51. The van der Waals surface area contributed by atoms with Crippen molar-refractivity contribution in [2.75, 3.05) is 37.0 Å². The summed E-state index contributed by atoms with van der Waals surface area (Å²) in [4.78, 5) is 0.239. The Morgan fingerprint density at radius 3 is 2.41 bits per heavy atom. The van der Waals surface area contributed by atoms with Crippen molar-refractivity contribution in [1.29, 1.82) is 0 Å². The number of hydrogen-bond donors (Lipinski definition) is 3. The molecule has 1 fully saturated rings. The molecule has 0 aliphatic carbocycles. The molecule has 3 rings (SSSR count). The van der Waals surface area contributed by atoms with Gasteiger partial charge in [0.15, 0.2) is 5.11 Å². The fraction of sp³-hybridized carbons (Fsp3) is 0.235. The van der Waals surface area contributed by atoms with E-state index in [0.717, 1.165) is 0 Å². The zero-order chi connectivity index (χ0) is 19.3. The van der Waals surface area contributed by atoms with Gasteiger partial charge in [0.1, 0.15) is 0 Å². The van der Waals surface area contributed by atoms with Crippen molar-refractivity contribution in [2.24, 2.45) is 0 Å². The van der Waals surface area contributed by atoms with Crippen LogP contribution >= 0.6 is 23.8 Å². The van der Waals surface area contributed by atoms with Crippen molar-refractivity contribution in [3.63, 3.8) is 0 Å². The maximum atomic E-state index is 12.6. The number of ether oxygens (including phenoxy) is 1. The zero-order valence-corrected chi connectivity index (χ0v) is 16.7. The van der Waals surface area contributed by atoms with E-state index in [1.807, 2.05) is 18.2 Å². The average Bonchev–Trinajstić information content (AvgIpc) is 2.68. The minimum absolute atomic E-state index is 0.239. The molecule has 0 saturated carbocycles. The van der Waals surface area contributed by atoms with Gasteiger partial charge in [-0.25, -0.2) is 8.42 Å². The molecule has 1 heterocycles. The van der Waals surface area contributed by atoms with Gasteiger partial charge in [-0.05, 0) is 48.6 Å². The van der Waals surface area contributed by atoms with E-state index in [1.165, 1.54) is 4.31 Å². The third-order valence-corrected chi connectivity index (χ3v) is 6.35. The molecule has 2 aromatic rings. The second-order valence-electron chi connectivity index (χ2n) is 5.72. The Balaban J connectivity index is 1.58. The predicted molar refractivity (Wildman–Crippen MR) is 110 cm³/mol. The summed E-state index contributed by atoms with van der Waals surface area (Å²) in [5.74, 6) is 0. The Kier molecular flexibility index (Phi) is 6.51. The molecule has 1 aliphatic rings. The highest BCUT2D eigenvalue weighted by atomic mass is 35.5. The number of hydrazine groups is 1. The molecular formula is C17H19ClN4O3S2. The molecule has 1 aliphatic heterocycles. The first kappa shape index (κ1) is 19.8. The highest BCUT2D eigenvalue weighted by Gasteiger charge is 2.26. The number of morpholine rings is 1. The molecule has 0 unspecified atom stereocenters. The van der Waals surface area contributed by atoms with Gasteiger partial charge in [0.2, 0.25) is 10.0 Å². The lowest BCUT2D eigenvalue weighted by molar-refractivity contribution is 0.0730. The highest BCUT2D eigenvalue weighted by molar-refractivity contribution is 7.89. The first-order chi connectivity index (χ1) is 13.0. The molecule has 0 radical (unpaired) electrons. The normalized spacial score (nSPS) is 15.1. The molecule has 144 valence electrons. The highest BCUT2D eigenvalue weighted by Crippen LogP contribution is 2.20. The number of para-hydroxylation sites is 1. The lowest BCUT2D eigenvalue weighted by Crippen LogP contribution is -2.40. The van der Waals surface area contributed by atoms with Crippen molar-refractivity contribution < 1.29 is 13.2 Å². The molecule has 0 spiro atoms. The molecule has 0 aromatic heterocycles. The summed E-state index contributed by atoms with van der Waals surface area (Å²) in [5.41, 5.74) is 7.09. The predicted octanol–water partition coefficient (Wildman–Crippen LogP) is 2.67. The largest absolute Gasteiger partial charge is 0.379 e. The van der Waals surface area contributed by atoms with Crippen LogP contribution in [0.5, 0.6) is 0 Å². The standard InChI is InChI=1S/C17H19ClN4O3S2/c18-15-3-1-2-4-16(15)20-21-17(26)19-13-5-7-14(8-6-13)27(23,24)22-9-11-25-12-10-22/h1-8,20H,9-12H2,(H2,19,21,26). The molecule has 2 aromatic carbocycles. The van der Waals surface area contributed by atoms with Gasteiger partial charge in [0.25, 0.3) is 0 Å². The molecule has 27 heavy (non-hydrogen) atoms. The quantitative estimate of drug-likeness (QED) is 0.500. The summed E-state index contributed by atoms with van der Waals surface area (Å²) in [6.45, 7) is 1.56. The van der Waals surface area contributed by atoms with E-state index in [9.17, 15) is 8.42 Å². The molecule has 7 nitrogen and oxygen atoms in total. The van der Waals surface area contributed by atoms with Crippen molar-refractivity contribution in [1.82, 2.24) is 9.73 Å². The molecule has 0 amide bonds. The van der Waals surface area contributed by atoms with Crippen LogP contribution in [0.4, 0.5) is 11.4 Å². The second kappa shape index (κ2) is 8.85. The third kappa shape index (κ3) is 5.08. The van der Waals surface area contributed by atoms with Crippen molar-refractivity contribution >= 4 is 50.3 Å². The van der Waals surface area contributed by atoms with E-state index < -0.39 is 10.0 Å². The van der Waals surface area contributed by atoms with Gasteiger partial charge in [-0.1, -0.05) is 23.7 Å². The van der Waals surface area contributed by atoms with Gasteiger partial charge in [-0.2, -0.15) is 4.31 Å². The summed E-state index contributed by atoms with van der Waals surface area (Å²) in [5, 5.41) is 3.86. The molecule has 0 bridgehead atoms. The Morgan fingerprint density at radius 2 is 1.74 bits per heavy atom. The number of sulfonamides is 1. The maximum absolute atomic E-state index is 12.6.